The van der Waals surface area contributed by atoms with Crippen LogP contribution in [0.5, 0.6) is 0 Å². The summed E-state index contributed by atoms with van der Waals surface area (Å²) in [5, 5.41) is 0. The maximum Gasteiger partial charge on any atom is 0.311 e. The monoisotopic (exact) mass is 434 g/mol. The highest BCUT2D eigenvalue weighted by molar-refractivity contribution is 5.75. The number of carbonyl (C=O) groups is 3. The van der Waals surface area contributed by atoms with E-state index in [0.29, 0.717) is 36.4 Å². The maximum atomic E-state index is 12.6. The summed E-state index contributed by atoms with van der Waals surface area (Å²) in [6.07, 6.45) is 1.36. The molecular formula is C24H34O7. The molecular weight excluding hydrogens is 400 g/mol. The summed E-state index contributed by atoms with van der Waals surface area (Å²) in [7, 11) is 0. The van der Waals surface area contributed by atoms with Crippen molar-refractivity contribution in [3.8, 4) is 0 Å². The summed E-state index contributed by atoms with van der Waals surface area (Å²) in [5.41, 5.74) is 0.609. The number of esters is 3. The fourth-order valence-electron chi connectivity index (χ4n) is 4.27. The molecule has 31 heavy (non-hydrogen) atoms. The van der Waals surface area contributed by atoms with Gasteiger partial charge in [-0.25, -0.2) is 0 Å². The van der Waals surface area contributed by atoms with E-state index in [4.69, 9.17) is 18.9 Å². The Morgan fingerprint density at radius 3 is 2.26 bits per heavy atom. The van der Waals surface area contributed by atoms with Gasteiger partial charge in [-0.15, -0.1) is 0 Å². The third kappa shape index (κ3) is 5.31. The van der Waals surface area contributed by atoms with Gasteiger partial charge >= 0.3 is 17.9 Å². The van der Waals surface area contributed by atoms with Crippen LogP contribution >= 0.6 is 0 Å². The zero-order chi connectivity index (χ0) is 22.9. The standard InChI is InChI=1S/C24H34O7/c1-13(2)11-18(26)30-22-20-16(9-7-15-8-10-17(25)29-21(15)20)28-23(22)24(5,6)31-19(27)12-14(3)4/h13-14,22-23H,7-12H2,1-6H3. The highest BCUT2D eigenvalue weighted by atomic mass is 16.6. The molecule has 3 rings (SSSR count). The van der Waals surface area contributed by atoms with Crippen LogP contribution in [0.2, 0.25) is 0 Å². The van der Waals surface area contributed by atoms with E-state index in [9.17, 15) is 14.4 Å². The van der Waals surface area contributed by atoms with Crippen molar-refractivity contribution in [3.63, 3.8) is 0 Å². The Balaban J connectivity index is 1.91. The molecule has 7 heteroatoms. The Labute approximate surface area is 184 Å². The Kier molecular flexibility index (Phi) is 6.82. The third-order valence-corrected chi connectivity index (χ3v) is 5.67. The second-order valence-electron chi connectivity index (χ2n) is 9.97. The normalized spacial score (nSPS) is 23.4. The van der Waals surface area contributed by atoms with Crippen LogP contribution in [0.4, 0.5) is 0 Å². The predicted octanol–water partition coefficient (Wildman–Crippen LogP) is 4.35. The van der Waals surface area contributed by atoms with Gasteiger partial charge in [0.2, 0.25) is 0 Å². The van der Waals surface area contributed by atoms with E-state index in [0.717, 1.165) is 12.0 Å². The van der Waals surface area contributed by atoms with Crippen LogP contribution in [0.15, 0.2) is 22.7 Å². The summed E-state index contributed by atoms with van der Waals surface area (Å²) in [6, 6.07) is 0. The van der Waals surface area contributed by atoms with Crippen molar-refractivity contribution in [2.24, 2.45) is 11.8 Å². The van der Waals surface area contributed by atoms with Crippen molar-refractivity contribution < 1.29 is 33.3 Å². The first-order valence-electron chi connectivity index (χ1n) is 11.2. The number of ether oxygens (including phenoxy) is 4. The molecule has 172 valence electrons. The van der Waals surface area contributed by atoms with Crippen molar-refractivity contribution in [3.05, 3.63) is 22.7 Å². The fourth-order valence-corrected chi connectivity index (χ4v) is 4.27. The third-order valence-electron chi connectivity index (χ3n) is 5.67. The maximum absolute atomic E-state index is 12.6. The van der Waals surface area contributed by atoms with Crippen molar-refractivity contribution in [1.82, 2.24) is 0 Å². The van der Waals surface area contributed by atoms with Crippen LogP contribution in [0, 0.1) is 11.8 Å². The van der Waals surface area contributed by atoms with Crippen molar-refractivity contribution in [1.29, 1.82) is 0 Å². The van der Waals surface area contributed by atoms with Gasteiger partial charge in [0.1, 0.15) is 17.1 Å². The van der Waals surface area contributed by atoms with Crippen LogP contribution in [0.25, 0.3) is 0 Å². The SMILES string of the molecule is CC(C)CC(=O)OC1C2=C(CCC3=C2OC(=O)CC3)OC1C(C)(C)OC(=O)CC(C)C. The molecule has 0 aromatic rings. The zero-order valence-corrected chi connectivity index (χ0v) is 19.4. The van der Waals surface area contributed by atoms with Crippen LogP contribution in [0.3, 0.4) is 0 Å². The summed E-state index contributed by atoms with van der Waals surface area (Å²) in [6.45, 7) is 11.3. The minimum atomic E-state index is -1.05. The van der Waals surface area contributed by atoms with E-state index < -0.39 is 17.8 Å². The molecule has 3 aliphatic rings. The molecule has 2 atom stereocenters. The van der Waals surface area contributed by atoms with E-state index in [1.807, 2.05) is 27.7 Å². The minimum absolute atomic E-state index is 0.132. The summed E-state index contributed by atoms with van der Waals surface area (Å²) in [4.78, 5) is 37.0. The Hall–Kier alpha value is -2.31. The predicted molar refractivity (Wildman–Crippen MR) is 112 cm³/mol. The van der Waals surface area contributed by atoms with Crippen LogP contribution in [0.1, 0.15) is 80.1 Å². The molecule has 0 aromatic heterocycles. The lowest BCUT2D eigenvalue weighted by atomic mass is 9.86. The molecule has 2 heterocycles. The molecule has 2 aliphatic heterocycles. The number of carbonyl (C=O) groups excluding carboxylic acids is 3. The van der Waals surface area contributed by atoms with Gasteiger partial charge in [-0.05, 0) is 44.1 Å². The quantitative estimate of drug-likeness (QED) is 0.435. The molecule has 0 aromatic carbocycles. The molecule has 0 amide bonds. The zero-order valence-electron chi connectivity index (χ0n) is 19.4. The van der Waals surface area contributed by atoms with Gasteiger partial charge in [0.25, 0.3) is 0 Å². The average Bonchev–Trinajstić information content (AvgIpc) is 2.99. The van der Waals surface area contributed by atoms with Gasteiger partial charge in [0.05, 0.1) is 5.57 Å². The van der Waals surface area contributed by atoms with E-state index in [2.05, 4.69) is 0 Å². The lowest BCUT2D eigenvalue weighted by Gasteiger charge is -2.35. The summed E-state index contributed by atoms with van der Waals surface area (Å²) >= 11 is 0. The van der Waals surface area contributed by atoms with E-state index in [1.165, 1.54) is 0 Å². The summed E-state index contributed by atoms with van der Waals surface area (Å²) < 4.78 is 23.5. The van der Waals surface area contributed by atoms with E-state index in [-0.39, 0.29) is 42.6 Å². The number of fused-ring (bicyclic) bond motifs is 1. The second kappa shape index (κ2) is 9.05. The van der Waals surface area contributed by atoms with Gasteiger partial charge in [0, 0.05) is 25.7 Å². The molecule has 7 nitrogen and oxygen atoms in total. The Bertz CT molecular complexity index is 816. The molecule has 2 unspecified atom stereocenters. The molecule has 0 radical (unpaired) electrons. The average molecular weight is 435 g/mol. The lowest BCUT2D eigenvalue weighted by Crippen LogP contribution is -2.49. The molecule has 0 saturated heterocycles. The van der Waals surface area contributed by atoms with Crippen molar-refractivity contribution in [2.75, 3.05) is 0 Å². The molecule has 1 aliphatic carbocycles. The van der Waals surface area contributed by atoms with Crippen molar-refractivity contribution in [2.45, 2.75) is 97.9 Å². The number of allylic oxidation sites excluding steroid dienone is 2. The molecule has 0 saturated carbocycles. The van der Waals surface area contributed by atoms with Crippen LogP contribution in [-0.4, -0.2) is 35.7 Å². The van der Waals surface area contributed by atoms with Gasteiger partial charge in [0.15, 0.2) is 12.2 Å². The van der Waals surface area contributed by atoms with Gasteiger partial charge in [-0.1, -0.05) is 27.7 Å². The van der Waals surface area contributed by atoms with Crippen LogP contribution < -0.4 is 0 Å². The minimum Gasteiger partial charge on any atom is -0.486 e. The first kappa shape index (κ1) is 23.4. The van der Waals surface area contributed by atoms with E-state index >= 15 is 0 Å². The Morgan fingerprint density at radius 1 is 1.00 bits per heavy atom. The fraction of sp³-hybridized carbons (Fsp3) is 0.708. The molecule has 0 N–H and O–H groups in total. The van der Waals surface area contributed by atoms with Crippen molar-refractivity contribution >= 4 is 17.9 Å². The highest BCUT2D eigenvalue weighted by Crippen LogP contribution is 2.47. The number of rotatable bonds is 7. The smallest absolute Gasteiger partial charge is 0.311 e. The first-order valence-corrected chi connectivity index (χ1v) is 11.2. The Morgan fingerprint density at radius 2 is 1.61 bits per heavy atom. The second-order valence-corrected chi connectivity index (χ2v) is 9.97. The summed E-state index contributed by atoms with van der Waals surface area (Å²) in [5.74, 6) is 0.429. The molecule has 0 bridgehead atoms. The molecule has 0 spiro atoms. The van der Waals surface area contributed by atoms with Gasteiger partial charge in [-0.3, -0.25) is 14.4 Å². The van der Waals surface area contributed by atoms with Crippen LogP contribution in [-0.2, 0) is 33.3 Å². The highest BCUT2D eigenvalue weighted by Gasteiger charge is 2.53. The van der Waals surface area contributed by atoms with Gasteiger partial charge < -0.3 is 18.9 Å². The van der Waals surface area contributed by atoms with E-state index in [1.54, 1.807) is 13.8 Å². The topological polar surface area (TPSA) is 88.1 Å². The first-order chi connectivity index (χ1) is 14.5. The number of hydrogen-bond acceptors (Lipinski definition) is 7. The van der Waals surface area contributed by atoms with Gasteiger partial charge in [-0.2, -0.15) is 0 Å². The largest absolute Gasteiger partial charge is 0.486 e. The lowest BCUT2D eigenvalue weighted by molar-refractivity contribution is -0.180. The number of hydrogen-bond donors (Lipinski definition) is 0. The molecule has 0 fully saturated rings.